The Hall–Kier alpha value is -1.75. The Morgan fingerprint density at radius 3 is 2.53 bits per heavy atom. The maximum Gasteiger partial charge on any atom is 0.258 e. The predicted octanol–water partition coefficient (Wildman–Crippen LogP) is 1.65. The second-order valence-corrected chi connectivity index (χ2v) is 4.60. The van der Waals surface area contributed by atoms with Gasteiger partial charge in [-0.25, -0.2) is 0 Å². The number of benzene rings is 1. The van der Waals surface area contributed by atoms with E-state index in [2.05, 4.69) is 5.32 Å². The van der Waals surface area contributed by atoms with Gasteiger partial charge in [0.15, 0.2) is 18.1 Å². The summed E-state index contributed by atoms with van der Waals surface area (Å²) in [5.41, 5.74) is 0.732. The molecule has 2 N–H and O–H groups in total. The molecule has 1 atom stereocenters. The lowest BCUT2D eigenvalue weighted by Crippen LogP contribution is -2.34. The van der Waals surface area contributed by atoms with E-state index in [1.165, 1.54) is 7.11 Å². The van der Waals surface area contributed by atoms with Crippen LogP contribution in [0.1, 0.15) is 32.4 Å². The van der Waals surface area contributed by atoms with Crippen LogP contribution in [0.15, 0.2) is 18.2 Å². The lowest BCUT2D eigenvalue weighted by atomic mass is 10.1. The molecule has 0 heterocycles. The van der Waals surface area contributed by atoms with Crippen LogP contribution in [0.3, 0.4) is 0 Å². The van der Waals surface area contributed by atoms with Crippen LogP contribution in [0.4, 0.5) is 0 Å². The molecule has 0 unspecified atom stereocenters. The molecule has 5 heteroatoms. The molecule has 0 saturated carbocycles. The largest absolute Gasteiger partial charge is 0.493 e. The summed E-state index contributed by atoms with van der Waals surface area (Å²) in [6.45, 7) is 5.37. The minimum absolute atomic E-state index is 0.0669. The van der Waals surface area contributed by atoms with E-state index in [9.17, 15) is 9.90 Å². The highest BCUT2D eigenvalue weighted by Gasteiger charge is 2.11. The number of nitrogens with one attached hydrogen (secondary N) is 1. The van der Waals surface area contributed by atoms with Crippen molar-refractivity contribution in [2.75, 3.05) is 13.7 Å². The van der Waals surface area contributed by atoms with Crippen LogP contribution in [0.25, 0.3) is 0 Å². The minimum Gasteiger partial charge on any atom is -0.493 e. The SMILES string of the molecule is COc1cc([C@@H](C)O)ccc1OCC(=O)NC(C)C. The molecule has 0 aliphatic carbocycles. The number of hydrogen-bond donors (Lipinski definition) is 2. The van der Waals surface area contributed by atoms with Gasteiger partial charge < -0.3 is 19.9 Å². The number of amides is 1. The molecule has 1 aromatic rings. The van der Waals surface area contributed by atoms with Crippen molar-refractivity contribution >= 4 is 5.91 Å². The molecule has 5 nitrogen and oxygen atoms in total. The van der Waals surface area contributed by atoms with E-state index in [-0.39, 0.29) is 18.6 Å². The first-order valence-corrected chi connectivity index (χ1v) is 6.22. The molecule has 0 radical (unpaired) electrons. The van der Waals surface area contributed by atoms with Crippen molar-refractivity contribution in [3.05, 3.63) is 23.8 Å². The van der Waals surface area contributed by atoms with Crippen molar-refractivity contribution < 1.29 is 19.4 Å². The van der Waals surface area contributed by atoms with Gasteiger partial charge in [0, 0.05) is 6.04 Å². The van der Waals surface area contributed by atoms with Crippen molar-refractivity contribution in [2.24, 2.45) is 0 Å². The van der Waals surface area contributed by atoms with Crippen molar-refractivity contribution in [3.63, 3.8) is 0 Å². The number of ether oxygens (including phenoxy) is 2. The highest BCUT2D eigenvalue weighted by Crippen LogP contribution is 2.30. The van der Waals surface area contributed by atoms with Gasteiger partial charge in [-0.05, 0) is 38.5 Å². The average Bonchev–Trinajstić information content (AvgIpc) is 2.35. The monoisotopic (exact) mass is 267 g/mol. The third kappa shape index (κ3) is 4.79. The first-order valence-electron chi connectivity index (χ1n) is 6.22. The summed E-state index contributed by atoms with van der Waals surface area (Å²) in [5.74, 6) is 0.790. The van der Waals surface area contributed by atoms with Crippen LogP contribution < -0.4 is 14.8 Å². The van der Waals surface area contributed by atoms with Crippen molar-refractivity contribution in [2.45, 2.75) is 32.9 Å². The Bertz CT molecular complexity index is 429. The zero-order valence-corrected chi connectivity index (χ0v) is 11.8. The molecule has 0 fully saturated rings. The highest BCUT2D eigenvalue weighted by atomic mass is 16.5. The average molecular weight is 267 g/mol. The fourth-order valence-electron chi connectivity index (χ4n) is 1.57. The highest BCUT2D eigenvalue weighted by molar-refractivity contribution is 5.77. The summed E-state index contributed by atoms with van der Waals surface area (Å²) in [6, 6.07) is 5.20. The van der Waals surface area contributed by atoms with Gasteiger partial charge in [0.1, 0.15) is 0 Å². The Labute approximate surface area is 113 Å². The van der Waals surface area contributed by atoms with Crippen LogP contribution in [-0.2, 0) is 4.79 Å². The smallest absolute Gasteiger partial charge is 0.258 e. The molecule has 1 rings (SSSR count). The van der Waals surface area contributed by atoms with E-state index in [4.69, 9.17) is 9.47 Å². The van der Waals surface area contributed by atoms with Gasteiger partial charge in [-0.3, -0.25) is 4.79 Å². The molecule has 19 heavy (non-hydrogen) atoms. The summed E-state index contributed by atoms with van der Waals surface area (Å²) < 4.78 is 10.6. The molecule has 0 bridgehead atoms. The van der Waals surface area contributed by atoms with Crippen molar-refractivity contribution in [3.8, 4) is 11.5 Å². The quantitative estimate of drug-likeness (QED) is 0.822. The van der Waals surface area contributed by atoms with Crippen molar-refractivity contribution in [1.29, 1.82) is 0 Å². The Morgan fingerprint density at radius 1 is 1.32 bits per heavy atom. The molecular weight excluding hydrogens is 246 g/mol. The van der Waals surface area contributed by atoms with Gasteiger partial charge in [-0.15, -0.1) is 0 Å². The zero-order valence-electron chi connectivity index (χ0n) is 11.8. The topological polar surface area (TPSA) is 67.8 Å². The number of methoxy groups -OCH3 is 1. The summed E-state index contributed by atoms with van der Waals surface area (Å²) >= 11 is 0. The second-order valence-electron chi connectivity index (χ2n) is 4.60. The van der Waals surface area contributed by atoms with Crippen LogP contribution in [0.5, 0.6) is 11.5 Å². The second kappa shape index (κ2) is 6.99. The molecule has 0 aromatic heterocycles. The first-order chi connectivity index (χ1) is 8.93. The molecule has 106 valence electrons. The molecule has 0 spiro atoms. The van der Waals surface area contributed by atoms with Crippen LogP contribution >= 0.6 is 0 Å². The molecular formula is C14H21NO4. The Kier molecular flexibility index (Phi) is 5.63. The molecule has 0 saturated heterocycles. The van der Waals surface area contributed by atoms with Crippen LogP contribution in [-0.4, -0.2) is 30.8 Å². The number of aliphatic hydroxyl groups is 1. The van der Waals surface area contributed by atoms with E-state index < -0.39 is 6.10 Å². The Balaban J connectivity index is 2.70. The molecule has 1 aromatic carbocycles. The van der Waals surface area contributed by atoms with Gasteiger partial charge in [0.05, 0.1) is 13.2 Å². The number of aliphatic hydroxyl groups excluding tert-OH is 1. The predicted molar refractivity (Wildman–Crippen MR) is 72.4 cm³/mol. The first kappa shape index (κ1) is 15.3. The molecule has 0 aliphatic rings. The number of hydrogen-bond acceptors (Lipinski definition) is 4. The maximum absolute atomic E-state index is 11.5. The summed E-state index contributed by atoms with van der Waals surface area (Å²) in [7, 11) is 1.52. The minimum atomic E-state index is -0.577. The summed E-state index contributed by atoms with van der Waals surface area (Å²) in [4.78, 5) is 11.5. The fourth-order valence-corrected chi connectivity index (χ4v) is 1.57. The van der Waals surface area contributed by atoms with E-state index in [1.54, 1.807) is 25.1 Å². The normalized spacial score (nSPS) is 12.1. The Morgan fingerprint density at radius 2 is 2.00 bits per heavy atom. The number of carbonyl (C=O) groups excluding carboxylic acids is 1. The van der Waals surface area contributed by atoms with E-state index in [0.29, 0.717) is 11.5 Å². The van der Waals surface area contributed by atoms with Crippen LogP contribution in [0, 0.1) is 0 Å². The van der Waals surface area contributed by atoms with Gasteiger partial charge >= 0.3 is 0 Å². The number of carbonyl (C=O) groups is 1. The fraction of sp³-hybridized carbons (Fsp3) is 0.500. The maximum atomic E-state index is 11.5. The van der Waals surface area contributed by atoms with E-state index >= 15 is 0 Å². The lowest BCUT2D eigenvalue weighted by Gasteiger charge is -2.14. The van der Waals surface area contributed by atoms with E-state index in [0.717, 1.165) is 5.56 Å². The molecule has 0 aliphatic heterocycles. The van der Waals surface area contributed by atoms with Gasteiger partial charge in [0.25, 0.3) is 5.91 Å². The number of rotatable bonds is 6. The van der Waals surface area contributed by atoms with E-state index in [1.807, 2.05) is 13.8 Å². The lowest BCUT2D eigenvalue weighted by molar-refractivity contribution is -0.123. The van der Waals surface area contributed by atoms with Crippen LogP contribution in [0.2, 0.25) is 0 Å². The summed E-state index contributed by atoms with van der Waals surface area (Å²) in [6.07, 6.45) is -0.577. The van der Waals surface area contributed by atoms with Gasteiger partial charge in [-0.1, -0.05) is 6.07 Å². The third-order valence-electron chi connectivity index (χ3n) is 2.48. The molecule has 1 amide bonds. The third-order valence-corrected chi connectivity index (χ3v) is 2.48. The summed E-state index contributed by atoms with van der Waals surface area (Å²) in [5, 5.41) is 12.2. The van der Waals surface area contributed by atoms with Crippen molar-refractivity contribution in [1.82, 2.24) is 5.32 Å². The standard InChI is InChI=1S/C14H21NO4/c1-9(2)15-14(17)8-19-12-6-5-11(10(3)16)7-13(12)18-4/h5-7,9-10,16H,8H2,1-4H3,(H,15,17)/t10-/m1/s1. The zero-order chi connectivity index (χ0) is 14.4. The van der Waals surface area contributed by atoms with Gasteiger partial charge in [-0.2, -0.15) is 0 Å². The van der Waals surface area contributed by atoms with Gasteiger partial charge in [0.2, 0.25) is 0 Å².